The van der Waals surface area contributed by atoms with Crippen molar-refractivity contribution in [2.45, 2.75) is 13.0 Å². The molecule has 0 saturated carbocycles. The number of carbonyl (C=O) groups is 1. The minimum Gasteiger partial charge on any atom is -0.461 e. The van der Waals surface area contributed by atoms with E-state index in [2.05, 4.69) is 4.98 Å². The fourth-order valence-corrected chi connectivity index (χ4v) is 3.06. The molecule has 3 aromatic rings. The number of esters is 1. The van der Waals surface area contributed by atoms with Crippen molar-refractivity contribution in [3.05, 3.63) is 49.6 Å². The summed E-state index contributed by atoms with van der Waals surface area (Å²) in [6, 6.07) is 3.46. The number of rotatable bonds is 5. The van der Waals surface area contributed by atoms with Crippen molar-refractivity contribution in [1.29, 1.82) is 0 Å². The number of aryl methyl sites for hydroxylation is 2. The van der Waals surface area contributed by atoms with E-state index >= 15 is 0 Å². The van der Waals surface area contributed by atoms with Gasteiger partial charge in [-0.2, -0.15) is 0 Å². The van der Waals surface area contributed by atoms with E-state index in [0.29, 0.717) is 22.5 Å². The smallest absolute Gasteiger partial charge is 0.348 e. The number of imidazole rings is 1. The summed E-state index contributed by atoms with van der Waals surface area (Å²) in [7, 11) is 3.28. The molecule has 0 aliphatic rings. The van der Waals surface area contributed by atoms with Gasteiger partial charge in [0.05, 0.1) is 12.9 Å². The van der Waals surface area contributed by atoms with Crippen molar-refractivity contribution in [2.75, 3.05) is 6.61 Å². The van der Waals surface area contributed by atoms with Crippen LogP contribution >= 0.6 is 11.3 Å². The number of hydrogen-bond donors (Lipinski definition) is 0. The molecular weight excluding hydrogens is 332 g/mol. The molecule has 8 nitrogen and oxygen atoms in total. The lowest BCUT2D eigenvalue weighted by Gasteiger charge is -2.08. The van der Waals surface area contributed by atoms with Crippen molar-refractivity contribution in [1.82, 2.24) is 18.7 Å². The van der Waals surface area contributed by atoms with Crippen LogP contribution in [0, 0.1) is 0 Å². The molecule has 0 amide bonds. The molecule has 0 unspecified atom stereocenters. The first-order valence-corrected chi connectivity index (χ1v) is 8.20. The number of fused-ring (bicyclic) bond motifs is 1. The molecule has 0 aliphatic heterocycles. The number of hydrogen-bond acceptors (Lipinski definition) is 6. The Morgan fingerprint density at radius 2 is 2.12 bits per heavy atom. The molecule has 0 spiro atoms. The number of thiophene rings is 1. The molecule has 0 bridgehead atoms. The second-order valence-electron chi connectivity index (χ2n) is 5.29. The van der Waals surface area contributed by atoms with Gasteiger partial charge in [0, 0.05) is 20.6 Å². The maximum Gasteiger partial charge on any atom is 0.348 e. The number of carbonyl (C=O) groups excluding carboxylic acids is 1. The van der Waals surface area contributed by atoms with Crippen LogP contribution in [-0.4, -0.2) is 31.3 Å². The fourth-order valence-electron chi connectivity index (χ4n) is 2.45. The molecule has 0 saturated heterocycles. The normalized spacial score (nSPS) is 11.1. The predicted molar refractivity (Wildman–Crippen MR) is 89.4 cm³/mol. The third-order valence-electron chi connectivity index (χ3n) is 3.68. The minimum absolute atomic E-state index is 0.135. The monoisotopic (exact) mass is 348 g/mol. The lowest BCUT2D eigenvalue weighted by molar-refractivity contribution is 0.0501. The third-order valence-corrected chi connectivity index (χ3v) is 4.53. The van der Waals surface area contributed by atoms with E-state index in [4.69, 9.17) is 4.74 Å². The molecule has 0 N–H and O–H groups in total. The summed E-state index contributed by atoms with van der Waals surface area (Å²) in [5.74, 6) is -0.396. The van der Waals surface area contributed by atoms with Crippen molar-refractivity contribution < 1.29 is 9.53 Å². The second-order valence-corrected chi connectivity index (χ2v) is 6.24. The summed E-state index contributed by atoms with van der Waals surface area (Å²) in [4.78, 5) is 41.1. The van der Waals surface area contributed by atoms with Crippen LogP contribution < -0.4 is 11.2 Å². The van der Waals surface area contributed by atoms with Gasteiger partial charge in [0.15, 0.2) is 11.2 Å². The van der Waals surface area contributed by atoms with Gasteiger partial charge in [0.25, 0.3) is 5.56 Å². The van der Waals surface area contributed by atoms with Gasteiger partial charge in [-0.25, -0.2) is 14.6 Å². The fraction of sp³-hybridized carbons (Fsp3) is 0.333. The van der Waals surface area contributed by atoms with E-state index in [9.17, 15) is 14.4 Å². The van der Waals surface area contributed by atoms with Gasteiger partial charge in [0.2, 0.25) is 0 Å². The zero-order chi connectivity index (χ0) is 17.3. The topological polar surface area (TPSA) is 88.1 Å². The van der Waals surface area contributed by atoms with Crippen molar-refractivity contribution >= 4 is 28.5 Å². The highest BCUT2D eigenvalue weighted by atomic mass is 32.1. The Bertz CT molecular complexity index is 997. The highest BCUT2D eigenvalue weighted by molar-refractivity contribution is 7.11. The van der Waals surface area contributed by atoms with Crippen LogP contribution in [0.1, 0.15) is 16.1 Å². The van der Waals surface area contributed by atoms with E-state index < -0.39 is 17.2 Å². The largest absolute Gasteiger partial charge is 0.461 e. The molecule has 126 valence electrons. The molecule has 24 heavy (non-hydrogen) atoms. The highest BCUT2D eigenvalue weighted by Gasteiger charge is 2.15. The van der Waals surface area contributed by atoms with Gasteiger partial charge in [-0.3, -0.25) is 13.9 Å². The quantitative estimate of drug-likeness (QED) is 0.501. The zero-order valence-electron chi connectivity index (χ0n) is 13.3. The van der Waals surface area contributed by atoms with E-state index in [0.717, 1.165) is 4.57 Å². The molecule has 9 heteroatoms. The van der Waals surface area contributed by atoms with Crippen LogP contribution in [0.5, 0.6) is 0 Å². The van der Waals surface area contributed by atoms with Gasteiger partial charge in [0.1, 0.15) is 4.88 Å². The minimum atomic E-state index is -0.434. The van der Waals surface area contributed by atoms with Crippen LogP contribution in [0.3, 0.4) is 0 Å². The number of ether oxygens (including phenoxy) is 1. The Hall–Kier alpha value is -2.68. The Morgan fingerprint density at radius 1 is 1.33 bits per heavy atom. The van der Waals surface area contributed by atoms with E-state index in [1.54, 1.807) is 36.2 Å². The van der Waals surface area contributed by atoms with Crippen molar-refractivity contribution in [2.24, 2.45) is 14.1 Å². The standard InChI is InChI=1S/C15H16N4O4S/c1-17-9-16-12-11(17)13(20)19(15(22)18(12)2)6-4-7-23-14(21)10-5-3-8-24-10/h3,5,8-9H,4,6-7H2,1-2H3. The number of aromatic nitrogens is 4. The first-order chi connectivity index (χ1) is 11.5. The molecule has 0 aliphatic carbocycles. The molecule has 3 aromatic heterocycles. The average Bonchev–Trinajstić information content (AvgIpc) is 3.21. The van der Waals surface area contributed by atoms with Gasteiger partial charge in [-0.15, -0.1) is 11.3 Å². The van der Waals surface area contributed by atoms with Gasteiger partial charge in [-0.1, -0.05) is 6.07 Å². The Kier molecular flexibility index (Phi) is 4.34. The Labute approximate surface area is 140 Å². The average molecular weight is 348 g/mol. The summed E-state index contributed by atoms with van der Waals surface area (Å²) in [5.41, 5.74) is -0.103. The van der Waals surface area contributed by atoms with Crippen LogP contribution in [-0.2, 0) is 25.4 Å². The van der Waals surface area contributed by atoms with Gasteiger partial charge >= 0.3 is 11.7 Å². The second kappa shape index (κ2) is 6.44. The summed E-state index contributed by atoms with van der Waals surface area (Å²) in [6.45, 7) is 0.306. The van der Waals surface area contributed by atoms with E-state index in [-0.39, 0.29) is 13.2 Å². The molecule has 3 rings (SSSR count). The maximum absolute atomic E-state index is 12.5. The maximum atomic E-state index is 12.5. The lowest BCUT2D eigenvalue weighted by atomic mass is 10.4. The van der Waals surface area contributed by atoms with Crippen molar-refractivity contribution in [3.8, 4) is 0 Å². The Morgan fingerprint density at radius 3 is 2.83 bits per heavy atom. The number of nitrogens with zero attached hydrogens (tertiary/aromatic N) is 4. The van der Waals surface area contributed by atoms with E-state index in [1.165, 1.54) is 22.2 Å². The summed E-state index contributed by atoms with van der Waals surface area (Å²) in [5, 5.41) is 1.79. The van der Waals surface area contributed by atoms with Gasteiger partial charge < -0.3 is 9.30 Å². The first-order valence-electron chi connectivity index (χ1n) is 7.32. The highest BCUT2D eigenvalue weighted by Crippen LogP contribution is 2.10. The summed E-state index contributed by atoms with van der Waals surface area (Å²) in [6.07, 6.45) is 1.87. The summed E-state index contributed by atoms with van der Waals surface area (Å²) < 4.78 is 9.22. The molecule has 0 aromatic carbocycles. The Balaban J connectivity index is 1.74. The van der Waals surface area contributed by atoms with Crippen LogP contribution in [0.4, 0.5) is 0 Å². The van der Waals surface area contributed by atoms with Crippen LogP contribution in [0.25, 0.3) is 11.2 Å². The molecule has 0 radical (unpaired) electrons. The lowest BCUT2D eigenvalue weighted by Crippen LogP contribution is -2.39. The van der Waals surface area contributed by atoms with Crippen molar-refractivity contribution in [3.63, 3.8) is 0 Å². The zero-order valence-corrected chi connectivity index (χ0v) is 14.1. The van der Waals surface area contributed by atoms with Crippen LogP contribution in [0.2, 0.25) is 0 Å². The molecule has 0 fully saturated rings. The molecule has 0 atom stereocenters. The summed E-state index contributed by atoms with van der Waals surface area (Å²) >= 11 is 1.30. The first kappa shape index (κ1) is 16.2. The van der Waals surface area contributed by atoms with Crippen LogP contribution in [0.15, 0.2) is 33.4 Å². The molecular formula is C15H16N4O4S. The molecule has 3 heterocycles. The SMILES string of the molecule is Cn1cnc2c1c(=O)n(CCCOC(=O)c1cccs1)c(=O)n2C. The third kappa shape index (κ3) is 2.78. The predicted octanol–water partition coefficient (Wildman–Crippen LogP) is 0.742. The van der Waals surface area contributed by atoms with Gasteiger partial charge in [-0.05, 0) is 17.9 Å². The van der Waals surface area contributed by atoms with E-state index in [1.807, 2.05) is 0 Å².